The maximum Gasteiger partial charge on any atom is 0.0494 e. The first kappa shape index (κ1) is 9.55. The van der Waals surface area contributed by atoms with Crippen LogP contribution >= 0.6 is 0 Å². The van der Waals surface area contributed by atoms with Gasteiger partial charge in [-0.15, -0.1) is 0 Å². The third kappa shape index (κ3) is 1.23. The average molecular weight is 169 g/mol. The van der Waals surface area contributed by atoms with Crippen molar-refractivity contribution in [2.75, 3.05) is 0 Å². The van der Waals surface area contributed by atoms with E-state index in [0.29, 0.717) is 17.8 Å². The van der Waals surface area contributed by atoms with Crippen molar-refractivity contribution in [1.29, 1.82) is 0 Å². The molecule has 3 heteroatoms. The monoisotopic (exact) mass is 169 g/mol. The molecule has 70 valence electrons. The highest BCUT2D eigenvalue weighted by Crippen LogP contribution is 2.40. The summed E-state index contributed by atoms with van der Waals surface area (Å²) in [6.45, 7) is 8.77. The van der Waals surface area contributed by atoms with Gasteiger partial charge in [-0.3, -0.25) is 5.12 Å². The standard InChI is InChI=1S/C9H19N3/c1-5-6(2)8(4)9(7(5)3)12(10)11/h5-7H,10-11H2,1-4H3. The number of hydrogen-bond acceptors (Lipinski definition) is 3. The highest BCUT2D eigenvalue weighted by Gasteiger charge is 2.34. The van der Waals surface area contributed by atoms with Crippen LogP contribution in [0.1, 0.15) is 27.7 Å². The Kier molecular flexibility index (Phi) is 2.44. The second-order valence-corrected chi connectivity index (χ2v) is 3.91. The molecule has 0 spiro atoms. The largest absolute Gasteiger partial charge is 0.251 e. The summed E-state index contributed by atoms with van der Waals surface area (Å²) < 4.78 is 0. The average Bonchev–Trinajstić information content (AvgIpc) is 2.16. The van der Waals surface area contributed by atoms with Crippen LogP contribution in [-0.4, -0.2) is 5.12 Å². The Labute approximate surface area is 74.3 Å². The zero-order valence-corrected chi connectivity index (χ0v) is 8.33. The molecule has 1 aliphatic carbocycles. The molecule has 0 amide bonds. The van der Waals surface area contributed by atoms with Gasteiger partial charge >= 0.3 is 0 Å². The minimum atomic E-state index is 0.481. The van der Waals surface area contributed by atoms with Gasteiger partial charge in [0.1, 0.15) is 0 Å². The van der Waals surface area contributed by atoms with Gasteiger partial charge in [-0.05, 0) is 24.3 Å². The van der Waals surface area contributed by atoms with Gasteiger partial charge in [0.25, 0.3) is 0 Å². The lowest BCUT2D eigenvalue weighted by atomic mass is 9.90. The normalized spacial score (nSPS) is 36.0. The van der Waals surface area contributed by atoms with Gasteiger partial charge in [-0.2, -0.15) is 0 Å². The topological polar surface area (TPSA) is 55.3 Å². The maximum absolute atomic E-state index is 5.56. The van der Waals surface area contributed by atoms with Gasteiger partial charge < -0.3 is 0 Å². The lowest BCUT2D eigenvalue weighted by Gasteiger charge is -2.20. The summed E-state index contributed by atoms with van der Waals surface area (Å²) in [6, 6.07) is 0. The molecular formula is C9H19N3. The molecule has 0 radical (unpaired) electrons. The highest BCUT2D eigenvalue weighted by atomic mass is 15.6. The van der Waals surface area contributed by atoms with Crippen molar-refractivity contribution in [3.63, 3.8) is 0 Å². The second kappa shape index (κ2) is 3.07. The van der Waals surface area contributed by atoms with Gasteiger partial charge in [0.15, 0.2) is 0 Å². The summed E-state index contributed by atoms with van der Waals surface area (Å²) in [4.78, 5) is 0. The van der Waals surface area contributed by atoms with Crippen molar-refractivity contribution in [2.24, 2.45) is 29.4 Å². The molecule has 3 atom stereocenters. The van der Waals surface area contributed by atoms with E-state index in [1.807, 2.05) is 0 Å². The number of hydrogen-bond donors (Lipinski definition) is 2. The summed E-state index contributed by atoms with van der Waals surface area (Å²) in [6.07, 6.45) is 0. The van der Waals surface area contributed by atoms with Crippen LogP contribution in [-0.2, 0) is 0 Å². The Morgan fingerprint density at radius 2 is 1.58 bits per heavy atom. The molecule has 0 fully saturated rings. The first-order chi connectivity index (χ1) is 5.46. The van der Waals surface area contributed by atoms with E-state index in [0.717, 1.165) is 5.70 Å². The van der Waals surface area contributed by atoms with Crippen LogP contribution in [0.2, 0.25) is 0 Å². The summed E-state index contributed by atoms with van der Waals surface area (Å²) in [7, 11) is 0. The van der Waals surface area contributed by atoms with E-state index in [9.17, 15) is 0 Å². The lowest BCUT2D eigenvalue weighted by Crippen LogP contribution is -2.39. The van der Waals surface area contributed by atoms with Crippen molar-refractivity contribution in [3.05, 3.63) is 11.3 Å². The van der Waals surface area contributed by atoms with Crippen LogP contribution in [0.5, 0.6) is 0 Å². The van der Waals surface area contributed by atoms with Crippen molar-refractivity contribution < 1.29 is 0 Å². The molecule has 12 heavy (non-hydrogen) atoms. The van der Waals surface area contributed by atoms with Gasteiger partial charge in [0.05, 0.1) is 0 Å². The minimum Gasteiger partial charge on any atom is -0.251 e. The lowest BCUT2D eigenvalue weighted by molar-refractivity contribution is 0.298. The van der Waals surface area contributed by atoms with Gasteiger partial charge in [-0.25, -0.2) is 11.7 Å². The molecule has 0 bridgehead atoms. The summed E-state index contributed by atoms with van der Waals surface area (Å²) >= 11 is 0. The van der Waals surface area contributed by atoms with Crippen molar-refractivity contribution in [1.82, 2.24) is 5.12 Å². The SMILES string of the molecule is CC1=C(N(N)N)C(C)C(C)C1C. The van der Waals surface area contributed by atoms with E-state index < -0.39 is 0 Å². The summed E-state index contributed by atoms with van der Waals surface area (Å²) in [5.41, 5.74) is 2.44. The summed E-state index contributed by atoms with van der Waals surface area (Å²) in [5, 5.41) is 1.28. The molecule has 0 aliphatic heterocycles. The number of nitrogens with zero attached hydrogens (tertiary/aromatic N) is 1. The molecule has 0 heterocycles. The third-order valence-corrected chi connectivity index (χ3v) is 3.37. The number of rotatable bonds is 1. The molecule has 1 rings (SSSR count). The summed E-state index contributed by atoms with van der Waals surface area (Å²) in [5.74, 6) is 12.8. The first-order valence-corrected chi connectivity index (χ1v) is 4.47. The molecule has 3 unspecified atom stereocenters. The number of hydrazine groups is 2. The van der Waals surface area contributed by atoms with Gasteiger partial charge in [0.2, 0.25) is 0 Å². The predicted molar refractivity (Wildman–Crippen MR) is 50.4 cm³/mol. The van der Waals surface area contributed by atoms with Gasteiger partial charge in [0, 0.05) is 11.6 Å². The molecule has 1 aliphatic rings. The Bertz CT molecular complexity index is 208. The van der Waals surface area contributed by atoms with E-state index in [4.69, 9.17) is 11.7 Å². The zero-order valence-electron chi connectivity index (χ0n) is 8.33. The van der Waals surface area contributed by atoms with E-state index in [-0.39, 0.29) is 0 Å². The fourth-order valence-electron chi connectivity index (χ4n) is 2.11. The molecule has 0 aromatic carbocycles. The second-order valence-electron chi connectivity index (χ2n) is 3.91. The predicted octanol–water partition coefficient (Wildman–Crippen LogP) is 1.23. The van der Waals surface area contributed by atoms with Crippen molar-refractivity contribution >= 4 is 0 Å². The zero-order chi connectivity index (χ0) is 9.46. The van der Waals surface area contributed by atoms with Crippen LogP contribution < -0.4 is 11.7 Å². The molecule has 4 N–H and O–H groups in total. The van der Waals surface area contributed by atoms with Crippen molar-refractivity contribution in [2.45, 2.75) is 27.7 Å². The first-order valence-electron chi connectivity index (χ1n) is 4.47. The quantitative estimate of drug-likeness (QED) is 0.458. The van der Waals surface area contributed by atoms with Crippen LogP contribution in [0, 0.1) is 17.8 Å². The van der Waals surface area contributed by atoms with Crippen molar-refractivity contribution in [3.8, 4) is 0 Å². The van der Waals surface area contributed by atoms with Gasteiger partial charge in [-0.1, -0.05) is 20.8 Å². The Morgan fingerprint density at radius 1 is 1.08 bits per heavy atom. The molecule has 3 nitrogen and oxygen atoms in total. The molecule has 0 aromatic heterocycles. The van der Waals surface area contributed by atoms with Crippen LogP contribution in [0.25, 0.3) is 0 Å². The molecule has 0 saturated heterocycles. The van der Waals surface area contributed by atoms with E-state index in [1.54, 1.807) is 0 Å². The van der Waals surface area contributed by atoms with Crippen LogP contribution in [0.15, 0.2) is 11.3 Å². The van der Waals surface area contributed by atoms with E-state index >= 15 is 0 Å². The Morgan fingerprint density at radius 3 is 1.75 bits per heavy atom. The maximum atomic E-state index is 5.56. The molecule has 0 saturated carbocycles. The molecule has 0 aromatic rings. The Hall–Kier alpha value is -0.540. The van der Waals surface area contributed by atoms with Crippen LogP contribution in [0.3, 0.4) is 0 Å². The van der Waals surface area contributed by atoms with E-state index in [2.05, 4.69) is 27.7 Å². The minimum absolute atomic E-state index is 0.481. The Balaban J connectivity index is 2.96. The highest BCUT2D eigenvalue weighted by molar-refractivity contribution is 5.22. The fourth-order valence-corrected chi connectivity index (χ4v) is 2.11. The number of nitrogens with two attached hydrogens (primary N) is 2. The fraction of sp³-hybridized carbons (Fsp3) is 0.778. The van der Waals surface area contributed by atoms with E-state index in [1.165, 1.54) is 10.7 Å². The smallest absolute Gasteiger partial charge is 0.0494 e. The van der Waals surface area contributed by atoms with Crippen LogP contribution in [0.4, 0.5) is 0 Å². The third-order valence-electron chi connectivity index (χ3n) is 3.37. The molecular weight excluding hydrogens is 150 g/mol. The number of allylic oxidation sites excluding steroid dienone is 2.